The van der Waals surface area contributed by atoms with Crippen LogP contribution in [0.3, 0.4) is 0 Å². The number of carbonyl (C=O) groups is 1. The number of rotatable bonds is 8. The van der Waals surface area contributed by atoms with Crippen molar-refractivity contribution in [1.29, 1.82) is 0 Å². The summed E-state index contributed by atoms with van der Waals surface area (Å²) in [5.74, 6) is 0.771. The van der Waals surface area contributed by atoms with E-state index in [1.807, 2.05) is 36.5 Å². The maximum absolute atomic E-state index is 13.2. The van der Waals surface area contributed by atoms with Gasteiger partial charge >= 0.3 is 0 Å². The highest BCUT2D eigenvalue weighted by Crippen LogP contribution is 2.30. The summed E-state index contributed by atoms with van der Waals surface area (Å²) in [6.07, 6.45) is 7.15. The topological polar surface area (TPSA) is 49.7 Å². The molecule has 1 unspecified atom stereocenters. The molecule has 6 heteroatoms. The molecule has 2 fully saturated rings. The Morgan fingerprint density at radius 2 is 1.97 bits per heavy atom. The van der Waals surface area contributed by atoms with Gasteiger partial charge in [-0.05, 0) is 50.9 Å². The van der Waals surface area contributed by atoms with E-state index in [1.54, 1.807) is 7.11 Å². The van der Waals surface area contributed by atoms with Crippen LogP contribution < -0.4 is 10.1 Å². The number of para-hydroxylation sites is 1. The third-order valence-electron chi connectivity index (χ3n) is 7.66. The molecule has 2 aliphatic rings. The normalized spacial score (nSPS) is 19.0. The molecule has 2 aromatic carbocycles. The van der Waals surface area contributed by atoms with Gasteiger partial charge in [-0.2, -0.15) is 0 Å². The summed E-state index contributed by atoms with van der Waals surface area (Å²) in [5.41, 5.74) is 4.02. The quantitative estimate of drug-likeness (QED) is 0.524. The molecule has 186 valence electrons. The summed E-state index contributed by atoms with van der Waals surface area (Å²) in [7, 11) is 1.70. The minimum atomic E-state index is -0.0445. The largest absolute Gasteiger partial charge is 0.495 e. The zero-order valence-corrected chi connectivity index (χ0v) is 21.1. The van der Waals surface area contributed by atoms with Gasteiger partial charge in [0.1, 0.15) is 5.75 Å². The fourth-order valence-corrected chi connectivity index (χ4v) is 5.84. The van der Waals surface area contributed by atoms with Crippen LogP contribution in [0.5, 0.6) is 5.75 Å². The van der Waals surface area contributed by atoms with Gasteiger partial charge < -0.3 is 19.5 Å². The highest BCUT2D eigenvalue weighted by molar-refractivity contribution is 6.08. The molecule has 1 N–H and O–H groups in total. The van der Waals surface area contributed by atoms with Crippen LogP contribution in [0.15, 0.2) is 48.7 Å². The lowest BCUT2D eigenvalue weighted by molar-refractivity contribution is 0.0484. The summed E-state index contributed by atoms with van der Waals surface area (Å²) in [4.78, 5) is 18.5. The number of carbonyl (C=O) groups excluding carboxylic acids is 1. The van der Waals surface area contributed by atoms with Crippen molar-refractivity contribution >= 4 is 16.8 Å². The van der Waals surface area contributed by atoms with Crippen molar-refractivity contribution in [3.63, 3.8) is 0 Å². The zero-order valence-electron chi connectivity index (χ0n) is 21.1. The number of benzene rings is 2. The van der Waals surface area contributed by atoms with Crippen molar-refractivity contribution in [2.45, 2.75) is 51.7 Å². The number of hydrogen-bond donors (Lipinski definition) is 1. The monoisotopic (exact) mass is 474 g/mol. The summed E-state index contributed by atoms with van der Waals surface area (Å²) < 4.78 is 7.91. The van der Waals surface area contributed by atoms with E-state index in [-0.39, 0.29) is 5.91 Å². The number of nitrogens with zero attached hydrogens (tertiary/aromatic N) is 3. The van der Waals surface area contributed by atoms with Crippen LogP contribution in [0.4, 0.5) is 0 Å². The number of ether oxygens (including phenoxy) is 1. The van der Waals surface area contributed by atoms with Crippen molar-refractivity contribution in [3.8, 4) is 5.75 Å². The summed E-state index contributed by atoms with van der Waals surface area (Å²) in [5, 5.41) is 4.06. The standard InChI is InChI=1S/C29H38N4O2/c1-22-8-5-9-23(18-22)19-30-29(34)26-21-33(28-25(26)11-6-12-27(28)35-2)15-7-13-31-16-17-32-14-4-3-10-24(32)20-31/h5-6,8-9,11-12,18,21,24H,3-4,7,10,13-17,19-20H2,1-2H3,(H,30,34). The van der Waals surface area contributed by atoms with Crippen LogP contribution in [0.2, 0.25) is 0 Å². The van der Waals surface area contributed by atoms with Crippen molar-refractivity contribution in [1.82, 2.24) is 19.7 Å². The van der Waals surface area contributed by atoms with E-state index in [2.05, 4.69) is 38.7 Å². The first-order valence-electron chi connectivity index (χ1n) is 13.1. The van der Waals surface area contributed by atoms with Crippen molar-refractivity contribution in [2.75, 3.05) is 39.8 Å². The number of piperidine rings is 1. The lowest BCUT2D eigenvalue weighted by atomic mass is 9.99. The predicted molar refractivity (Wildman–Crippen MR) is 141 cm³/mol. The molecule has 1 amide bonds. The molecular weight excluding hydrogens is 436 g/mol. The number of methoxy groups -OCH3 is 1. The van der Waals surface area contributed by atoms with Crippen LogP contribution in [-0.2, 0) is 13.1 Å². The Kier molecular flexibility index (Phi) is 7.40. The number of piperazine rings is 1. The molecule has 0 bridgehead atoms. The van der Waals surface area contributed by atoms with Gasteiger partial charge in [-0.1, -0.05) is 48.4 Å². The Morgan fingerprint density at radius 3 is 2.83 bits per heavy atom. The second kappa shape index (κ2) is 10.8. The van der Waals surface area contributed by atoms with E-state index >= 15 is 0 Å². The van der Waals surface area contributed by atoms with Crippen LogP contribution in [0.25, 0.3) is 10.9 Å². The van der Waals surface area contributed by atoms with E-state index in [1.165, 1.54) is 51.0 Å². The minimum absolute atomic E-state index is 0.0445. The number of hydrogen-bond acceptors (Lipinski definition) is 4. The Hall–Kier alpha value is -2.83. The highest BCUT2D eigenvalue weighted by atomic mass is 16.5. The molecular formula is C29H38N4O2. The fraction of sp³-hybridized carbons (Fsp3) is 0.483. The molecule has 2 saturated heterocycles. The lowest BCUT2D eigenvalue weighted by Gasteiger charge is -2.44. The van der Waals surface area contributed by atoms with Crippen LogP contribution in [-0.4, -0.2) is 66.1 Å². The molecule has 1 atom stereocenters. The second-order valence-electron chi connectivity index (χ2n) is 10.1. The molecule has 2 aliphatic heterocycles. The van der Waals surface area contributed by atoms with Gasteiger partial charge in [0.2, 0.25) is 0 Å². The number of aryl methyl sites for hydroxylation is 2. The summed E-state index contributed by atoms with van der Waals surface area (Å²) in [6, 6.07) is 15.0. The van der Waals surface area contributed by atoms with Gasteiger partial charge in [-0.25, -0.2) is 0 Å². The number of nitrogens with one attached hydrogen (secondary N) is 1. The van der Waals surface area contributed by atoms with Crippen molar-refractivity contribution in [3.05, 3.63) is 65.4 Å². The smallest absolute Gasteiger partial charge is 0.253 e. The summed E-state index contributed by atoms with van der Waals surface area (Å²) in [6.45, 7) is 9.39. The summed E-state index contributed by atoms with van der Waals surface area (Å²) >= 11 is 0. The van der Waals surface area contributed by atoms with Gasteiger partial charge in [0.25, 0.3) is 5.91 Å². The van der Waals surface area contributed by atoms with E-state index in [0.717, 1.165) is 47.8 Å². The second-order valence-corrected chi connectivity index (χ2v) is 10.1. The predicted octanol–water partition coefficient (Wildman–Crippen LogP) is 4.45. The molecule has 0 spiro atoms. The minimum Gasteiger partial charge on any atom is -0.495 e. The molecule has 3 heterocycles. The first-order valence-corrected chi connectivity index (χ1v) is 13.1. The highest BCUT2D eigenvalue weighted by Gasteiger charge is 2.28. The number of amides is 1. The average Bonchev–Trinajstić information content (AvgIpc) is 3.26. The molecule has 0 saturated carbocycles. The Balaban J connectivity index is 1.27. The molecule has 5 rings (SSSR count). The van der Waals surface area contributed by atoms with E-state index < -0.39 is 0 Å². The number of fused-ring (bicyclic) bond motifs is 2. The van der Waals surface area contributed by atoms with Crippen molar-refractivity contribution < 1.29 is 9.53 Å². The van der Waals surface area contributed by atoms with Crippen LogP contribution in [0, 0.1) is 6.92 Å². The lowest BCUT2D eigenvalue weighted by Crippen LogP contribution is -2.54. The third-order valence-corrected chi connectivity index (χ3v) is 7.66. The maximum Gasteiger partial charge on any atom is 0.253 e. The molecule has 1 aromatic heterocycles. The van der Waals surface area contributed by atoms with Gasteiger partial charge in [-0.3, -0.25) is 9.69 Å². The molecule has 0 aliphatic carbocycles. The Bertz CT molecular complexity index is 1170. The first kappa shape index (κ1) is 23.9. The van der Waals surface area contributed by atoms with E-state index in [9.17, 15) is 4.79 Å². The van der Waals surface area contributed by atoms with Crippen LogP contribution in [0.1, 0.15) is 47.2 Å². The van der Waals surface area contributed by atoms with Gasteiger partial charge in [0, 0.05) is 50.3 Å². The van der Waals surface area contributed by atoms with Gasteiger partial charge in [-0.15, -0.1) is 0 Å². The van der Waals surface area contributed by atoms with Crippen molar-refractivity contribution in [2.24, 2.45) is 0 Å². The SMILES string of the molecule is COc1cccc2c(C(=O)NCc3cccc(C)c3)cn(CCCN3CCN4CCCCC4C3)c12. The van der Waals surface area contributed by atoms with Gasteiger partial charge in [0.05, 0.1) is 18.2 Å². The van der Waals surface area contributed by atoms with E-state index in [0.29, 0.717) is 12.1 Å². The Morgan fingerprint density at radius 1 is 1.09 bits per heavy atom. The first-order chi connectivity index (χ1) is 17.1. The number of aromatic nitrogens is 1. The molecule has 3 aromatic rings. The maximum atomic E-state index is 13.2. The Labute approximate surface area is 208 Å². The van der Waals surface area contributed by atoms with Crippen LogP contribution >= 0.6 is 0 Å². The molecule has 0 radical (unpaired) electrons. The van der Waals surface area contributed by atoms with E-state index in [4.69, 9.17) is 4.74 Å². The molecule has 6 nitrogen and oxygen atoms in total. The average molecular weight is 475 g/mol. The van der Waals surface area contributed by atoms with Gasteiger partial charge in [0.15, 0.2) is 0 Å². The fourth-order valence-electron chi connectivity index (χ4n) is 5.84. The third kappa shape index (κ3) is 5.39. The molecule has 35 heavy (non-hydrogen) atoms. The zero-order chi connectivity index (χ0) is 24.2.